The van der Waals surface area contributed by atoms with Gasteiger partial charge in [0.25, 0.3) is 5.56 Å². The van der Waals surface area contributed by atoms with Gasteiger partial charge in [-0.1, -0.05) is 37.7 Å². The van der Waals surface area contributed by atoms with Crippen LogP contribution in [0.25, 0.3) is 10.9 Å². The number of hydrogen-bond donors (Lipinski definition) is 1. The highest BCUT2D eigenvalue weighted by Gasteiger charge is 2.30. The van der Waals surface area contributed by atoms with E-state index in [-0.39, 0.29) is 36.1 Å². The van der Waals surface area contributed by atoms with E-state index in [1.54, 1.807) is 31.2 Å². The van der Waals surface area contributed by atoms with Gasteiger partial charge in [0.15, 0.2) is 5.16 Å². The molecule has 1 heterocycles. The van der Waals surface area contributed by atoms with Crippen LogP contribution < -0.4 is 10.9 Å². The molecule has 1 aromatic heterocycles. The monoisotopic (exact) mass is 416 g/mol. The van der Waals surface area contributed by atoms with E-state index in [1.807, 2.05) is 13.8 Å². The van der Waals surface area contributed by atoms with E-state index < -0.39 is 11.5 Å². The quantitative estimate of drug-likeness (QED) is 0.398. The molecule has 0 bridgehead atoms. The summed E-state index contributed by atoms with van der Waals surface area (Å²) < 4.78 is 6.03. The fraction of sp³-hybridized carbons (Fsp3) is 0.450. The first kappa shape index (κ1) is 22.4. The van der Waals surface area contributed by atoms with Gasteiger partial charge in [0, 0.05) is 6.54 Å². The summed E-state index contributed by atoms with van der Waals surface area (Å²) in [6.45, 7) is 5.47. The van der Waals surface area contributed by atoms with Crippen LogP contribution in [0.3, 0.4) is 0 Å². The minimum Gasteiger partial charge on any atom is -0.469 e. The van der Waals surface area contributed by atoms with Gasteiger partial charge < -0.3 is 10.1 Å². The topological polar surface area (TPSA) is 114 Å². The number of carbonyl (C=O) groups excluding carboxylic acids is 2. The molecule has 1 atom stereocenters. The Hall–Kier alpha value is -2.86. The number of nitriles is 1. The van der Waals surface area contributed by atoms with Crippen molar-refractivity contribution >= 4 is 34.5 Å². The summed E-state index contributed by atoms with van der Waals surface area (Å²) >= 11 is 1.08. The SMILES string of the molecule is COC(=O)CCn1c(SCC(=O)N[C@](C)(C#N)C(C)C)nc2ccccc2c1=O. The van der Waals surface area contributed by atoms with Crippen molar-refractivity contribution < 1.29 is 14.3 Å². The molecule has 1 amide bonds. The largest absolute Gasteiger partial charge is 0.469 e. The van der Waals surface area contributed by atoms with Crippen molar-refractivity contribution in [3.8, 4) is 6.07 Å². The number of nitrogens with one attached hydrogen (secondary N) is 1. The zero-order chi connectivity index (χ0) is 21.6. The summed E-state index contributed by atoms with van der Waals surface area (Å²) in [5.74, 6) is -0.874. The number of ether oxygens (including phenoxy) is 1. The number of methoxy groups -OCH3 is 1. The third kappa shape index (κ3) is 5.35. The highest BCUT2D eigenvalue weighted by atomic mass is 32.2. The molecule has 0 spiro atoms. The zero-order valence-electron chi connectivity index (χ0n) is 16.9. The van der Waals surface area contributed by atoms with Gasteiger partial charge in [-0.2, -0.15) is 5.26 Å². The lowest BCUT2D eigenvalue weighted by Crippen LogP contribution is -2.49. The summed E-state index contributed by atoms with van der Waals surface area (Å²) in [5, 5.41) is 12.9. The number of rotatable bonds is 8. The number of para-hydroxylation sites is 1. The molecule has 154 valence electrons. The van der Waals surface area contributed by atoms with E-state index >= 15 is 0 Å². The van der Waals surface area contributed by atoms with Crippen molar-refractivity contribution in [2.24, 2.45) is 5.92 Å². The molecule has 0 fully saturated rings. The van der Waals surface area contributed by atoms with Crippen LogP contribution >= 0.6 is 11.8 Å². The van der Waals surface area contributed by atoms with E-state index in [0.717, 1.165) is 11.8 Å². The average molecular weight is 417 g/mol. The normalized spacial score (nSPS) is 13.0. The first-order valence-corrected chi connectivity index (χ1v) is 10.1. The minimum absolute atomic E-state index is 0.00996. The number of hydrogen-bond acceptors (Lipinski definition) is 7. The van der Waals surface area contributed by atoms with Crippen molar-refractivity contribution in [3.05, 3.63) is 34.6 Å². The molecule has 0 unspecified atom stereocenters. The minimum atomic E-state index is -0.987. The molecular weight excluding hydrogens is 392 g/mol. The maximum absolute atomic E-state index is 12.9. The van der Waals surface area contributed by atoms with Crippen LogP contribution in [0.1, 0.15) is 27.2 Å². The molecule has 29 heavy (non-hydrogen) atoms. The van der Waals surface area contributed by atoms with Crippen LogP contribution in [0.2, 0.25) is 0 Å². The molecule has 2 aromatic rings. The van der Waals surface area contributed by atoms with Crippen LogP contribution in [0.15, 0.2) is 34.2 Å². The van der Waals surface area contributed by atoms with Crippen LogP contribution in [-0.4, -0.2) is 39.8 Å². The van der Waals surface area contributed by atoms with Crippen LogP contribution in [-0.2, 0) is 20.9 Å². The second kappa shape index (κ2) is 9.56. The smallest absolute Gasteiger partial charge is 0.307 e. The Morgan fingerprint density at radius 3 is 2.69 bits per heavy atom. The molecule has 0 aliphatic rings. The van der Waals surface area contributed by atoms with Gasteiger partial charge in [-0.3, -0.25) is 19.0 Å². The van der Waals surface area contributed by atoms with E-state index in [9.17, 15) is 19.6 Å². The fourth-order valence-electron chi connectivity index (χ4n) is 2.52. The lowest BCUT2D eigenvalue weighted by molar-refractivity contribution is -0.140. The van der Waals surface area contributed by atoms with Gasteiger partial charge in [0.1, 0.15) is 5.54 Å². The third-order valence-corrected chi connectivity index (χ3v) is 5.69. The Morgan fingerprint density at radius 2 is 2.07 bits per heavy atom. The summed E-state index contributed by atoms with van der Waals surface area (Å²) in [7, 11) is 1.28. The van der Waals surface area contributed by atoms with Crippen molar-refractivity contribution in [2.45, 2.75) is 44.4 Å². The summed E-state index contributed by atoms with van der Waals surface area (Å²) in [5.41, 5.74) is -0.760. The van der Waals surface area contributed by atoms with Gasteiger partial charge in [0.05, 0.1) is 36.3 Å². The molecule has 1 N–H and O–H groups in total. The number of thioether (sulfide) groups is 1. The third-order valence-electron chi connectivity index (χ3n) is 4.71. The maximum Gasteiger partial charge on any atom is 0.307 e. The van der Waals surface area contributed by atoms with Crippen molar-refractivity contribution in [1.29, 1.82) is 5.26 Å². The van der Waals surface area contributed by atoms with E-state index in [1.165, 1.54) is 11.7 Å². The number of nitrogens with zero attached hydrogens (tertiary/aromatic N) is 3. The number of esters is 1. The van der Waals surface area contributed by atoms with Gasteiger partial charge in [-0.25, -0.2) is 4.98 Å². The highest BCUT2D eigenvalue weighted by Crippen LogP contribution is 2.20. The molecule has 8 nitrogen and oxygen atoms in total. The molecule has 0 aliphatic heterocycles. The van der Waals surface area contributed by atoms with Crippen LogP contribution in [0, 0.1) is 17.2 Å². The fourth-order valence-corrected chi connectivity index (χ4v) is 3.34. The standard InChI is InChI=1S/C20H24N4O4S/c1-13(2)20(3,12-21)23-16(25)11-29-19-22-15-8-6-5-7-14(15)18(27)24(19)10-9-17(26)28-4/h5-8,13H,9-11H2,1-4H3,(H,23,25)/t20-/m1/s1. The van der Waals surface area contributed by atoms with Gasteiger partial charge in [-0.15, -0.1) is 0 Å². The predicted molar refractivity (Wildman–Crippen MR) is 110 cm³/mol. The Bertz CT molecular complexity index is 1010. The summed E-state index contributed by atoms with van der Waals surface area (Å²) in [4.78, 5) is 41.3. The Kier molecular flexibility index (Phi) is 7.40. The number of amides is 1. The van der Waals surface area contributed by atoms with Gasteiger partial charge in [0.2, 0.25) is 5.91 Å². The second-order valence-corrected chi connectivity index (χ2v) is 7.94. The number of benzene rings is 1. The Balaban J connectivity index is 2.28. The molecule has 0 saturated heterocycles. The van der Waals surface area contributed by atoms with Crippen molar-refractivity contribution in [1.82, 2.24) is 14.9 Å². The highest BCUT2D eigenvalue weighted by molar-refractivity contribution is 7.99. The summed E-state index contributed by atoms with van der Waals surface area (Å²) in [6, 6.07) is 9.03. The molecule has 9 heteroatoms. The lowest BCUT2D eigenvalue weighted by atomic mass is 9.90. The zero-order valence-corrected chi connectivity index (χ0v) is 17.7. The van der Waals surface area contributed by atoms with Gasteiger partial charge >= 0.3 is 5.97 Å². The summed E-state index contributed by atoms with van der Waals surface area (Å²) in [6.07, 6.45) is 0.00996. The molecule has 0 saturated carbocycles. The Labute approximate surface area is 173 Å². The van der Waals surface area contributed by atoms with Gasteiger partial charge in [-0.05, 0) is 25.0 Å². The maximum atomic E-state index is 12.9. The van der Waals surface area contributed by atoms with Crippen molar-refractivity contribution in [2.75, 3.05) is 12.9 Å². The molecular formula is C20H24N4O4S. The number of fused-ring (bicyclic) bond motifs is 1. The van der Waals surface area contributed by atoms with Crippen LogP contribution in [0.4, 0.5) is 0 Å². The first-order valence-electron chi connectivity index (χ1n) is 9.13. The van der Waals surface area contributed by atoms with E-state index in [4.69, 9.17) is 0 Å². The average Bonchev–Trinajstić information content (AvgIpc) is 2.71. The number of carbonyl (C=O) groups is 2. The first-order chi connectivity index (χ1) is 13.7. The number of aromatic nitrogens is 2. The van der Waals surface area contributed by atoms with E-state index in [2.05, 4.69) is 21.1 Å². The van der Waals surface area contributed by atoms with Crippen LogP contribution in [0.5, 0.6) is 0 Å². The van der Waals surface area contributed by atoms with E-state index in [0.29, 0.717) is 16.1 Å². The predicted octanol–water partition coefficient (Wildman–Crippen LogP) is 2.11. The molecule has 2 rings (SSSR count). The molecule has 0 radical (unpaired) electrons. The molecule has 0 aliphatic carbocycles. The molecule has 1 aromatic carbocycles. The lowest BCUT2D eigenvalue weighted by Gasteiger charge is -2.27. The Morgan fingerprint density at radius 1 is 1.38 bits per heavy atom. The van der Waals surface area contributed by atoms with Crippen molar-refractivity contribution in [3.63, 3.8) is 0 Å². The second-order valence-electron chi connectivity index (χ2n) is 7.00.